The highest BCUT2D eigenvalue weighted by Crippen LogP contribution is 2.19. The number of hydrogen-bond acceptors (Lipinski definition) is 5. The molecule has 3 rings (SSSR count). The summed E-state index contributed by atoms with van der Waals surface area (Å²) < 4.78 is 5.55. The Morgan fingerprint density at radius 1 is 1.22 bits per heavy atom. The molecular weight excluding hydrogens is 294 g/mol. The van der Waals surface area contributed by atoms with E-state index in [-0.39, 0.29) is 12.5 Å². The molecule has 7 nitrogen and oxygen atoms in total. The molecule has 1 aliphatic heterocycles. The molecule has 0 aliphatic carbocycles. The molecule has 0 atom stereocenters. The lowest BCUT2D eigenvalue weighted by atomic mass is 10.2. The maximum absolute atomic E-state index is 12.1. The van der Waals surface area contributed by atoms with E-state index in [1.807, 2.05) is 29.2 Å². The van der Waals surface area contributed by atoms with Crippen LogP contribution in [0.5, 0.6) is 5.75 Å². The molecule has 1 fully saturated rings. The number of aromatic nitrogens is 4. The summed E-state index contributed by atoms with van der Waals surface area (Å²) in [5.41, 5.74) is 0.855. The Kier molecular flexibility index (Phi) is 4.85. The van der Waals surface area contributed by atoms with Crippen LogP contribution in [0.25, 0.3) is 11.4 Å². The smallest absolute Gasteiger partial charge is 0.246 e. The van der Waals surface area contributed by atoms with E-state index < -0.39 is 0 Å². The van der Waals surface area contributed by atoms with Gasteiger partial charge in [-0.15, -0.1) is 10.2 Å². The minimum absolute atomic E-state index is 0.0507. The standard InChI is InChI=1S/C16H21N5O2/c1-2-11-23-14-7-5-13(6-8-14)16-17-19-21(18-16)12-15(22)20-9-3-4-10-20/h5-8H,2-4,9-12H2,1H3. The van der Waals surface area contributed by atoms with Crippen molar-refractivity contribution < 1.29 is 9.53 Å². The summed E-state index contributed by atoms with van der Waals surface area (Å²) in [6.07, 6.45) is 3.13. The summed E-state index contributed by atoms with van der Waals surface area (Å²) in [6, 6.07) is 7.57. The summed E-state index contributed by atoms with van der Waals surface area (Å²) in [5.74, 6) is 1.39. The Morgan fingerprint density at radius 3 is 2.65 bits per heavy atom. The van der Waals surface area contributed by atoms with Gasteiger partial charge in [0, 0.05) is 18.7 Å². The van der Waals surface area contributed by atoms with E-state index in [0.29, 0.717) is 12.4 Å². The molecule has 0 spiro atoms. The van der Waals surface area contributed by atoms with Crippen molar-refractivity contribution in [1.29, 1.82) is 0 Å². The predicted octanol–water partition coefficient (Wildman–Crippen LogP) is 1.75. The Hall–Kier alpha value is -2.44. The van der Waals surface area contributed by atoms with Crippen LogP contribution in [0.4, 0.5) is 0 Å². The molecule has 0 saturated carbocycles. The van der Waals surface area contributed by atoms with Gasteiger partial charge in [-0.3, -0.25) is 4.79 Å². The highest BCUT2D eigenvalue weighted by molar-refractivity contribution is 5.76. The lowest BCUT2D eigenvalue weighted by molar-refractivity contribution is -0.131. The average Bonchev–Trinajstić information content (AvgIpc) is 3.25. The molecule has 2 aromatic rings. The van der Waals surface area contributed by atoms with Crippen molar-refractivity contribution in [1.82, 2.24) is 25.1 Å². The third-order valence-corrected chi connectivity index (χ3v) is 3.77. The predicted molar refractivity (Wildman–Crippen MR) is 84.9 cm³/mol. The fourth-order valence-corrected chi connectivity index (χ4v) is 2.53. The number of benzene rings is 1. The summed E-state index contributed by atoms with van der Waals surface area (Å²) in [6.45, 7) is 4.58. The molecule has 1 amide bonds. The van der Waals surface area contributed by atoms with Crippen LogP contribution in [0, 0.1) is 0 Å². The van der Waals surface area contributed by atoms with Crippen molar-refractivity contribution in [2.45, 2.75) is 32.7 Å². The van der Waals surface area contributed by atoms with Crippen molar-refractivity contribution in [3.8, 4) is 17.1 Å². The molecule has 7 heteroatoms. The molecule has 2 heterocycles. The first-order valence-electron chi connectivity index (χ1n) is 8.05. The van der Waals surface area contributed by atoms with Crippen LogP contribution in [-0.4, -0.2) is 50.7 Å². The molecular formula is C16H21N5O2. The Labute approximate surface area is 135 Å². The molecule has 1 aromatic heterocycles. The topological polar surface area (TPSA) is 73.1 Å². The van der Waals surface area contributed by atoms with Gasteiger partial charge in [-0.25, -0.2) is 0 Å². The molecule has 1 aliphatic rings. The van der Waals surface area contributed by atoms with Crippen molar-refractivity contribution in [2.24, 2.45) is 0 Å². The first kappa shape index (κ1) is 15.5. The second-order valence-corrected chi connectivity index (χ2v) is 5.60. The maximum Gasteiger partial charge on any atom is 0.246 e. The average molecular weight is 315 g/mol. The fraction of sp³-hybridized carbons (Fsp3) is 0.500. The molecule has 0 N–H and O–H groups in total. The number of hydrogen-bond donors (Lipinski definition) is 0. The zero-order valence-electron chi connectivity index (χ0n) is 13.3. The lowest BCUT2D eigenvalue weighted by Crippen LogP contribution is -2.31. The summed E-state index contributed by atoms with van der Waals surface area (Å²) in [5, 5.41) is 12.3. The Bertz CT molecular complexity index is 647. The van der Waals surface area contributed by atoms with E-state index in [1.54, 1.807) is 0 Å². The SMILES string of the molecule is CCCOc1ccc(-c2nnn(CC(=O)N3CCCC3)n2)cc1. The second kappa shape index (κ2) is 7.21. The molecule has 1 aromatic carbocycles. The number of carbonyl (C=O) groups excluding carboxylic acids is 1. The monoisotopic (exact) mass is 315 g/mol. The lowest BCUT2D eigenvalue weighted by Gasteiger charge is -2.13. The fourth-order valence-electron chi connectivity index (χ4n) is 2.53. The van der Waals surface area contributed by atoms with Gasteiger partial charge in [-0.1, -0.05) is 6.92 Å². The molecule has 23 heavy (non-hydrogen) atoms. The third-order valence-electron chi connectivity index (χ3n) is 3.77. The van der Waals surface area contributed by atoms with E-state index in [1.165, 1.54) is 4.80 Å². The summed E-state index contributed by atoms with van der Waals surface area (Å²) >= 11 is 0. The van der Waals surface area contributed by atoms with Crippen LogP contribution in [0.2, 0.25) is 0 Å². The number of ether oxygens (including phenoxy) is 1. The number of carbonyl (C=O) groups is 1. The molecule has 0 bridgehead atoms. The van der Waals surface area contributed by atoms with Crippen molar-refractivity contribution in [3.05, 3.63) is 24.3 Å². The van der Waals surface area contributed by atoms with E-state index >= 15 is 0 Å². The highest BCUT2D eigenvalue weighted by atomic mass is 16.5. The van der Waals surface area contributed by atoms with E-state index in [9.17, 15) is 4.79 Å². The summed E-state index contributed by atoms with van der Waals surface area (Å²) in [4.78, 5) is 15.3. The van der Waals surface area contributed by atoms with Gasteiger partial charge in [0.05, 0.1) is 6.61 Å². The molecule has 0 unspecified atom stereocenters. The van der Waals surface area contributed by atoms with Crippen molar-refractivity contribution >= 4 is 5.91 Å². The summed E-state index contributed by atoms with van der Waals surface area (Å²) in [7, 11) is 0. The number of rotatable bonds is 6. The van der Waals surface area contributed by atoms with Crippen LogP contribution in [-0.2, 0) is 11.3 Å². The van der Waals surface area contributed by atoms with Crippen molar-refractivity contribution in [2.75, 3.05) is 19.7 Å². The molecule has 122 valence electrons. The first-order valence-corrected chi connectivity index (χ1v) is 8.05. The van der Waals surface area contributed by atoms with E-state index in [2.05, 4.69) is 22.3 Å². The molecule has 1 saturated heterocycles. The van der Waals surface area contributed by atoms with Crippen LogP contribution < -0.4 is 4.74 Å². The van der Waals surface area contributed by atoms with Crippen LogP contribution in [0.1, 0.15) is 26.2 Å². The largest absolute Gasteiger partial charge is 0.494 e. The van der Waals surface area contributed by atoms with Crippen LogP contribution in [0.3, 0.4) is 0 Å². The van der Waals surface area contributed by atoms with Gasteiger partial charge in [0.2, 0.25) is 11.7 Å². The Balaban J connectivity index is 1.63. The number of nitrogens with zero attached hydrogens (tertiary/aromatic N) is 5. The number of amides is 1. The van der Waals surface area contributed by atoms with E-state index in [0.717, 1.165) is 43.7 Å². The number of likely N-dealkylation sites (tertiary alicyclic amines) is 1. The van der Waals surface area contributed by atoms with Gasteiger partial charge in [-0.05, 0) is 48.7 Å². The van der Waals surface area contributed by atoms with E-state index in [4.69, 9.17) is 4.74 Å². The Morgan fingerprint density at radius 2 is 1.96 bits per heavy atom. The van der Waals surface area contributed by atoms with Crippen molar-refractivity contribution in [3.63, 3.8) is 0 Å². The van der Waals surface area contributed by atoms with Gasteiger partial charge < -0.3 is 9.64 Å². The van der Waals surface area contributed by atoms with Gasteiger partial charge >= 0.3 is 0 Å². The van der Waals surface area contributed by atoms with Gasteiger partial charge in [-0.2, -0.15) is 4.80 Å². The highest BCUT2D eigenvalue weighted by Gasteiger charge is 2.19. The van der Waals surface area contributed by atoms with Gasteiger partial charge in [0.1, 0.15) is 12.3 Å². The number of tetrazole rings is 1. The van der Waals surface area contributed by atoms with Gasteiger partial charge in [0.25, 0.3) is 0 Å². The minimum Gasteiger partial charge on any atom is -0.494 e. The second-order valence-electron chi connectivity index (χ2n) is 5.60. The minimum atomic E-state index is 0.0507. The van der Waals surface area contributed by atoms with Crippen LogP contribution >= 0.6 is 0 Å². The quantitative estimate of drug-likeness (QED) is 0.812. The first-order chi connectivity index (χ1) is 11.3. The van der Waals surface area contributed by atoms with Gasteiger partial charge in [0.15, 0.2) is 0 Å². The molecule has 0 radical (unpaired) electrons. The normalized spacial score (nSPS) is 14.2. The third kappa shape index (κ3) is 3.85. The van der Waals surface area contributed by atoms with Crippen LogP contribution in [0.15, 0.2) is 24.3 Å². The zero-order chi connectivity index (χ0) is 16.1. The maximum atomic E-state index is 12.1. The zero-order valence-corrected chi connectivity index (χ0v) is 13.3.